The van der Waals surface area contributed by atoms with E-state index in [-0.39, 0.29) is 6.10 Å². The molecule has 0 radical (unpaired) electrons. The van der Waals surface area contributed by atoms with E-state index in [2.05, 4.69) is 10.3 Å². The lowest BCUT2D eigenvalue weighted by molar-refractivity contribution is 0.167. The van der Waals surface area contributed by atoms with E-state index >= 15 is 0 Å². The van der Waals surface area contributed by atoms with Crippen LogP contribution in [0.5, 0.6) is 0 Å². The highest BCUT2D eigenvalue weighted by Gasteiger charge is 2.23. The van der Waals surface area contributed by atoms with Gasteiger partial charge in [0.25, 0.3) is 0 Å². The molecule has 64 valence electrons. The number of aliphatic hydroxyl groups excluding tert-OH is 1. The average Bonchev–Trinajstić information content (AvgIpc) is 2.90. The lowest BCUT2D eigenvalue weighted by Gasteiger charge is -2.07. The van der Waals surface area contributed by atoms with Crippen molar-refractivity contribution in [2.24, 2.45) is 0 Å². The van der Waals surface area contributed by atoms with E-state index in [1.54, 1.807) is 12.4 Å². The van der Waals surface area contributed by atoms with Gasteiger partial charge in [-0.3, -0.25) is 4.98 Å². The van der Waals surface area contributed by atoms with Gasteiger partial charge in [0.15, 0.2) is 0 Å². The summed E-state index contributed by atoms with van der Waals surface area (Å²) in [7, 11) is 0. The van der Waals surface area contributed by atoms with Crippen LogP contribution in [0.1, 0.15) is 18.1 Å². The SMILES string of the molecule is OC(CC1CN1)c1cccnc1. The summed E-state index contributed by atoms with van der Waals surface area (Å²) < 4.78 is 0. The van der Waals surface area contributed by atoms with Gasteiger partial charge in [0.05, 0.1) is 6.10 Å². The third kappa shape index (κ3) is 1.81. The Morgan fingerprint density at radius 1 is 1.75 bits per heavy atom. The number of rotatable bonds is 3. The van der Waals surface area contributed by atoms with E-state index in [1.165, 1.54) is 0 Å². The molecule has 2 heterocycles. The Morgan fingerprint density at radius 2 is 2.58 bits per heavy atom. The molecule has 2 N–H and O–H groups in total. The van der Waals surface area contributed by atoms with Crippen LogP contribution in [0.25, 0.3) is 0 Å². The number of hydrogen-bond acceptors (Lipinski definition) is 3. The highest BCUT2D eigenvalue weighted by Crippen LogP contribution is 2.19. The summed E-state index contributed by atoms with van der Waals surface area (Å²) in [5.41, 5.74) is 0.909. The van der Waals surface area contributed by atoms with Crippen molar-refractivity contribution >= 4 is 0 Å². The Kier molecular flexibility index (Phi) is 2.06. The molecule has 0 aliphatic carbocycles. The molecule has 0 amide bonds. The zero-order valence-corrected chi connectivity index (χ0v) is 6.77. The minimum atomic E-state index is -0.362. The molecule has 1 aromatic heterocycles. The fourth-order valence-corrected chi connectivity index (χ4v) is 1.23. The molecule has 3 nitrogen and oxygen atoms in total. The number of aromatic nitrogens is 1. The van der Waals surface area contributed by atoms with Crippen LogP contribution in [0.15, 0.2) is 24.5 Å². The zero-order chi connectivity index (χ0) is 8.39. The molecule has 1 aliphatic heterocycles. The van der Waals surface area contributed by atoms with Crippen LogP contribution in [0.2, 0.25) is 0 Å². The Bertz CT molecular complexity index is 246. The predicted octanol–water partition coefficient (Wildman–Crippen LogP) is 0.477. The highest BCUT2D eigenvalue weighted by molar-refractivity contribution is 5.12. The van der Waals surface area contributed by atoms with Crippen molar-refractivity contribution in [1.29, 1.82) is 0 Å². The molecule has 0 saturated carbocycles. The lowest BCUT2D eigenvalue weighted by Crippen LogP contribution is -2.03. The van der Waals surface area contributed by atoms with Gasteiger partial charge < -0.3 is 10.4 Å². The van der Waals surface area contributed by atoms with E-state index in [9.17, 15) is 5.11 Å². The Morgan fingerprint density at radius 3 is 3.17 bits per heavy atom. The van der Waals surface area contributed by atoms with Gasteiger partial charge in [-0.05, 0) is 18.1 Å². The minimum Gasteiger partial charge on any atom is -0.388 e. The molecule has 0 aromatic carbocycles. The van der Waals surface area contributed by atoms with E-state index < -0.39 is 0 Å². The number of hydrogen-bond donors (Lipinski definition) is 2. The summed E-state index contributed by atoms with van der Waals surface area (Å²) in [4.78, 5) is 3.95. The number of nitrogens with zero attached hydrogens (tertiary/aromatic N) is 1. The summed E-state index contributed by atoms with van der Waals surface area (Å²) in [6.45, 7) is 1.04. The first-order valence-electron chi connectivity index (χ1n) is 4.17. The van der Waals surface area contributed by atoms with Crippen LogP contribution in [0.3, 0.4) is 0 Å². The standard InChI is InChI=1S/C9H12N2O/c12-9(4-8-6-11-8)7-2-1-3-10-5-7/h1-3,5,8-9,11-12H,4,6H2. The maximum Gasteiger partial charge on any atom is 0.0820 e. The van der Waals surface area contributed by atoms with E-state index in [0.29, 0.717) is 6.04 Å². The van der Waals surface area contributed by atoms with Gasteiger partial charge in [0.1, 0.15) is 0 Å². The smallest absolute Gasteiger partial charge is 0.0820 e. The summed E-state index contributed by atoms with van der Waals surface area (Å²) in [6, 6.07) is 4.26. The second-order valence-corrected chi connectivity index (χ2v) is 3.14. The second kappa shape index (κ2) is 3.21. The van der Waals surface area contributed by atoms with Crippen molar-refractivity contribution in [3.05, 3.63) is 30.1 Å². The Hall–Kier alpha value is -0.930. The van der Waals surface area contributed by atoms with Crippen LogP contribution >= 0.6 is 0 Å². The summed E-state index contributed by atoms with van der Waals surface area (Å²) in [6.07, 6.45) is 3.86. The Labute approximate surface area is 71.4 Å². The van der Waals surface area contributed by atoms with Crippen LogP contribution in [-0.2, 0) is 0 Å². The largest absolute Gasteiger partial charge is 0.388 e. The monoisotopic (exact) mass is 164 g/mol. The first kappa shape index (κ1) is 7.71. The molecule has 1 aromatic rings. The van der Waals surface area contributed by atoms with Crippen LogP contribution < -0.4 is 5.32 Å². The van der Waals surface area contributed by atoms with E-state index in [1.807, 2.05) is 12.1 Å². The number of nitrogens with one attached hydrogen (secondary N) is 1. The molecule has 2 rings (SSSR count). The van der Waals surface area contributed by atoms with Gasteiger partial charge in [-0.25, -0.2) is 0 Å². The first-order valence-corrected chi connectivity index (χ1v) is 4.17. The molecule has 12 heavy (non-hydrogen) atoms. The molecule has 0 spiro atoms. The molecule has 1 fully saturated rings. The normalized spacial score (nSPS) is 23.6. The van der Waals surface area contributed by atoms with Gasteiger partial charge in [-0.2, -0.15) is 0 Å². The Balaban J connectivity index is 1.98. The van der Waals surface area contributed by atoms with Gasteiger partial charge >= 0.3 is 0 Å². The van der Waals surface area contributed by atoms with Gasteiger partial charge in [-0.15, -0.1) is 0 Å². The first-order chi connectivity index (χ1) is 5.86. The van der Waals surface area contributed by atoms with Gasteiger partial charge in [0, 0.05) is 25.0 Å². The van der Waals surface area contributed by atoms with Crippen molar-refractivity contribution in [2.75, 3.05) is 6.54 Å². The molecule has 2 unspecified atom stereocenters. The fourth-order valence-electron chi connectivity index (χ4n) is 1.23. The summed E-state index contributed by atoms with van der Waals surface area (Å²) in [5, 5.41) is 12.8. The second-order valence-electron chi connectivity index (χ2n) is 3.14. The highest BCUT2D eigenvalue weighted by atomic mass is 16.3. The van der Waals surface area contributed by atoms with Crippen molar-refractivity contribution < 1.29 is 5.11 Å². The zero-order valence-electron chi connectivity index (χ0n) is 6.77. The van der Waals surface area contributed by atoms with Crippen molar-refractivity contribution in [3.63, 3.8) is 0 Å². The molecular formula is C9H12N2O. The molecule has 2 atom stereocenters. The van der Waals surface area contributed by atoms with Crippen molar-refractivity contribution in [1.82, 2.24) is 10.3 Å². The van der Waals surface area contributed by atoms with Crippen LogP contribution in [0.4, 0.5) is 0 Å². The number of pyridine rings is 1. The fraction of sp³-hybridized carbons (Fsp3) is 0.444. The third-order valence-corrected chi connectivity index (χ3v) is 2.07. The maximum absolute atomic E-state index is 9.65. The third-order valence-electron chi connectivity index (χ3n) is 2.07. The quantitative estimate of drug-likeness (QED) is 0.639. The van der Waals surface area contributed by atoms with E-state index in [0.717, 1.165) is 18.5 Å². The lowest BCUT2D eigenvalue weighted by atomic mass is 10.1. The maximum atomic E-state index is 9.65. The topological polar surface area (TPSA) is 55.1 Å². The summed E-state index contributed by atoms with van der Waals surface area (Å²) >= 11 is 0. The summed E-state index contributed by atoms with van der Waals surface area (Å²) in [5.74, 6) is 0. The minimum absolute atomic E-state index is 0.362. The van der Waals surface area contributed by atoms with E-state index in [4.69, 9.17) is 0 Å². The van der Waals surface area contributed by atoms with Crippen molar-refractivity contribution in [3.8, 4) is 0 Å². The predicted molar refractivity (Wildman–Crippen MR) is 45.6 cm³/mol. The molecule has 0 bridgehead atoms. The molecule has 1 saturated heterocycles. The van der Waals surface area contributed by atoms with Gasteiger partial charge in [-0.1, -0.05) is 6.07 Å². The number of aliphatic hydroxyl groups is 1. The molecule has 1 aliphatic rings. The average molecular weight is 164 g/mol. The molecular weight excluding hydrogens is 152 g/mol. The van der Waals surface area contributed by atoms with Crippen LogP contribution in [0, 0.1) is 0 Å². The van der Waals surface area contributed by atoms with Crippen molar-refractivity contribution in [2.45, 2.75) is 18.6 Å². The molecule has 3 heteroatoms. The van der Waals surface area contributed by atoms with Crippen LogP contribution in [-0.4, -0.2) is 22.7 Å². The van der Waals surface area contributed by atoms with Gasteiger partial charge in [0.2, 0.25) is 0 Å².